The molecule has 4 aliphatic carbocycles. The molecule has 7 heteroatoms. The van der Waals surface area contributed by atoms with Crippen molar-refractivity contribution in [1.29, 1.82) is 0 Å². The van der Waals surface area contributed by atoms with Crippen LogP contribution in [0, 0.1) is 40.4 Å². The van der Waals surface area contributed by atoms with Crippen LogP contribution >= 0.6 is 10.8 Å². The Kier molecular flexibility index (Phi) is 5.49. The maximum absolute atomic E-state index is 12.8. The fraction of sp³-hybridized carbons (Fsp3) is 0.955. The molecule has 0 aromatic carbocycles. The van der Waals surface area contributed by atoms with Gasteiger partial charge in [0.05, 0.1) is 11.4 Å². The van der Waals surface area contributed by atoms with E-state index in [4.69, 9.17) is 0 Å². The van der Waals surface area contributed by atoms with Gasteiger partial charge in [0.1, 0.15) is 14.9 Å². The lowest BCUT2D eigenvalue weighted by molar-refractivity contribution is -0.150. The van der Waals surface area contributed by atoms with Gasteiger partial charge in [0.15, 0.2) is 0 Å². The topological polar surface area (TPSA) is 94.5 Å². The van der Waals surface area contributed by atoms with Crippen molar-refractivity contribution in [3.8, 4) is 0 Å². The highest BCUT2D eigenvalue weighted by molar-refractivity contribution is 8.70. The number of rotatable bonds is 4. The number of hydrogen-bond acceptors (Lipinski definition) is 6. The monoisotopic (exact) mass is 443 g/mol. The second kappa shape index (κ2) is 7.21. The molecule has 0 heterocycles. The summed E-state index contributed by atoms with van der Waals surface area (Å²) in [5.74, 6) is 2.04. The number of carbonyl (C=O) groups is 1. The third-order valence-corrected chi connectivity index (χ3v) is 11.6. The van der Waals surface area contributed by atoms with Gasteiger partial charge in [-0.1, -0.05) is 13.8 Å². The minimum absolute atomic E-state index is 0.0495. The molecule has 4 fully saturated rings. The summed E-state index contributed by atoms with van der Waals surface area (Å²) in [5.41, 5.74) is -0.291. The van der Waals surface area contributed by atoms with E-state index in [0.717, 1.165) is 44.9 Å². The van der Waals surface area contributed by atoms with E-state index in [9.17, 15) is 22.9 Å². The van der Waals surface area contributed by atoms with E-state index < -0.39 is 14.8 Å². The molecule has 29 heavy (non-hydrogen) atoms. The van der Waals surface area contributed by atoms with Crippen molar-refractivity contribution in [3.63, 3.8) is 0 Å². The molecule has 1 N–H and O–H groups in total. The van der Waals surface area contributed by atoms with Gasteiger partial charge in [0.2, 0.25) is 0 Å². The summed E-state index contributed by atoms with van der Waals surface area (Å²) >= 11 is 0. The van der Waals surface area contributed by atoms with Crippen molar-refractivity contribution < 1.29 is 22.9 Å². The smallest absolute Gasteiger partial charge is 0.149 e. The van der Waals surface area contributed by atoms with Gasteiger partial charge in [-0.05, 0) is 110 Å². The van der Waals surface area contributed by atoms with Crippen molar-refractivity contribution in [2.75, 3.05) is 5.75 Å². The summed E-state index contributed by atoms with van der Waals surface area (Å²) in [4.78, 5) is 12.8. The maximum atomic E-state index is 12.8. The van der Waals surface area contributed by atoms with Crippen molar-refractivity contribution in [2.24, 2.45) is 40.4 Å². The summed E-state index contributed by atoms with van der Waals surface area (Å²) in [7, 11) is -4.18. The highest BCUT2D eigenvalue weighted by Gasteiger charge is 2.61. The Hall–Kier alpha value is -0.110. The number of Topliss-reactive ketones (excluding diaryl/α,β-unsaturated/α-hetero) is 1. The molecule has 4 saturated carbocycles. The third kappa shape index (κ3) is 3.83. The zero-order chi connectivity index (χ0) is 21.2. The first-order chi connectivity index (χ1) is 13.4. The maximum Gasteiger partial charge on any atom is 0.149 e. The number of aliphatic hydroxyl groups is 1. The molecule has 0 bridgehead atoms. The molecule has 1 unspecified atom stereocenters. The van der Waals surface area contributed by atoms with Crippen LogP contribution in [0.2, 0.25) is 0 Å². The molecule has 0 spiro atoms. The summed E-state index contributed by atoms with van der Waals surface area (Å²) in [6, 6.07) is 0. The first-order valence-electron chi connectivity index (χ1n) is 11.2. The normalized spacial score (nSPS) is 49.8. The molecule has 5 nitrogen and oxygen atoms in total. The van der Waals surface area contributed by atoms with Crippen molar-refractivity contribution >= 4 is 25.7 Å². The average Bonchev–Trinajstić information content (AvgIpc) is 2.97. The first-order valence-corrected chi connectivity index (χ1v) is 14.1. The van der Waals surface area contributed by atoms with Crippen molar-refractivity contribution in [3.05, 3.63) is 0 Å². The van der Waals surface area contributed by atoms with Crippen LogP contribution in [-0.4, -0.2) is 35.2 Å². The van der Waals surface area contributed by atoms with Crippen LogP contribution in [0.5, 0.6) is 0 Å². The second-order valence-corrected chi connectivity index (χ2v) is 14.4. The fourth-order valence-electron chi connectivity index (χ4n) is 8.19. The summed E-state index contributed by atoms with van der Waals surface area (Å²) < 4.78 is 32.9. The van der Waals surface area contributed by atoms with E-state index in [-0.39, 0.29) is 33.7 Å². The van der Waals surface area contributed by atoms with Crippen LogP contribution in [0.15, 0.2) is 0 Å². The van der Waals surface area contributed by atoms with Gasteiger partial charge in [-0.15, -0.1) is 0 Å². The lowest BCUT2D eigenvalue weighted by Gasteiger charge is -2.61. The number of fused-ring (bicyclic) bond motifs is 5. The summed E-state index contributed by atoms with van der Waals surface area (Å²) in [6.45, 7) is 6.70. The van der Waals surface area contributed by atoms with Gasteiger partial charge < -0.3 is 9.66 Å². The molecular weight excluding hydrogens is 408 g/mol. The third-order valence-electron chi connectivity index (χ3n) is 9.69. The zero-order valence-corrected chi connectivity index (χ0v) is 19.5. The minimum atomic E-state index is -4.42. The van der Waals surface area contributed by atoms with Gasteiger partial charge in [-0.2, -0.15) is 0 Å². The van der Waals surface area contributed by atoms with E-state index in [1.165, 1.54) is 12.8 Å². The minimum Gasteiger partial charge on any atom is -0.739 e. The zero-order valence-electron chi connectivity index (χ0n) is 17.9. The molecule has 166 valence electrons. The average molecular weight is 444 g/mol. The lowest BCUT2D eigenvalue weighted by atomic mass is 9.44. The summed E-state index contributed by atoms with van der Waals surface area (Å²) in [5, 5.41) is 10.6. The van der Waals surface area contributed by atoms with Crippen LogP contribution in [0.4, 0.5) is 0 Å². The molecule has 0 aromatic rings. The Morgan fingerprint density at radius 2 is 1.69 bits per heavy atom. The van der Waals surface area contributed by atoms with Gasteiger partial charge in [0, 0.05) is 5.92 Å². The SMILES string of the molecule is C[C@@]1(O)CC[C@@]2(C)[C@@H](CC[C@@H]3C4CC[C@H](C(=O)CSS(=O)(=O)[O-])[C@@]4(C)CC[C@H]32)C1. The molecule has 4 aliphatic rings. The standard InChI is InChI=1S/C22H36O5S2/c1-20(24)10-11-21(2)14(12-20)4-5-15-16-6-7-18(19(23)13-28-29(25,26)27)22(16,3)9-8-17(15)21/h14-18,24H,4-13H2,1-3H3,(H,25,26,27)/p-1/t14-,15+,16?,17+,18+,20+,21-,22-/m0/s1. The molecular formula is C22H35O5S2-. The number of hydrogen-bond donors (Lipinski definition) is 1. The quantitative estimate of drug-likeness (QED) is 0.518. The predicted octanol–water partition coefficient (Wildman–Crippen LogP) is 4.16. The number of carbonyl (C=O) groups excluding carboxylic acids is 1. The Balaban J connectivity index is 1.51. The fourth-order valence-corrected chi connectivity index (χ4v) is 9.43. The van der Waals surface area contributed by atoms with Crippen LogP contribution < -0.4 is 0 Å². The van der Waals surface area contributed by atoms with E-state index >= 15 is 0 Å². The van der Waals surface area contributed by atoms with Crippen LogP contribution in [-0.2, 0) is 13.9 Å². The van der Waals surface area contributed by atoms with E-state index in [2.05, 4.69) is 13.8 Å². The predicted molar refractivity (Wildman–Crippen MR) is 113 cm³/mol. The van der Waals surface area contributed by atoms with Crippen LogP contribution in [0.3, 0.4) is 0 Å². The van der Waals surface area contributed by atoms with E-state index in [1.54, 1.807) is 0 Å². The Morgan fingerprint density at radius 1 is 1.00 bits per heavy atom. The number of ketones is 1. The highest BCUT2D eigenvalue weighted by Crippen LogP contribution is 2.68. The molecule has 4 rings (SSSR count). The Bertz CT molecular complexity index is 778. The largest absolute Gasteiger partial charge is 0.739 e. The van der Waals surface area contributed by atoms with Crippen molar-refractivity contribution in [2.45, 2.75) is 84.2 Å². The summed E-state index contributed by atoms with van der Waals surface area (Å²) in [6.07, 6.45) is 9.26. The highest BCUT2D eigenvalue weighted by atomic mass is 33.1. The lowest BCUT2D eigenvalue weighted by Crippen LogP contribution is -2.55. The van der Waals surface area contributed by atoms with Gasteiger partial charge in [-0.25, -0.2) is 8.42 Å². The molecule has 0 amide bonds. The molecule has 0 saturated heterocycles. The van der Waals surface area contributed by atoms with E-state index in [0.29, 0.717) is 29.1 Å². The van der Waals surface area contributed by atoms with Gasteiger partial charge in [-0.3, -0.25) is 4.79 Å². The molecule has 0 radical (unpaired) electrons. The molecule has 0 aromatic heterocycles. The second-order valence-electron chi connectivity index (χ2n) is 11.2. The molecule has 0 aliphatic heterocycles. The van der Waals surface area contributed by atoms with Crippen LogP contribution in [0.25, 0.3) is 0 Å². The van der Waals surface area contributed by atoms with Gasteiger partial charge in [0.25, 0.3) is 0 Å². The van der Waals surface area contributed by atoms with Crippen molar-refractivity contribution in [1.82, 2.24) is 0 Å². The van der Waals surface area contributed by atoms with E-state index in [1.807, 2.05) is 6.92 Å². The Morgan fingerprint density at radius 3 is 2.38 bits per heavy atom. The van der Waals surface area contributed by atoms with Gasteiger partial charge >= 0.3 is 0 Å². The van der Waals surface area contributed by atoms with Crippen LogP contribution in [0.1, 0.15) is 78.6 Å². The Labute approximate surface area is 178 Å². The first kappa shape index (κ1) is 22.1. The molecule has 8 atom stereocenters.